The van der Waals surface area contributed by atoms with Gasteiger partial charge in [-0.1, -0.05) is 35.3 Å². The predicted molar refractivity (Wildman–Crippen MR) is 117 cm³/mol. The summed E-state index contributed by atoms with van der Waals surface area (Å²) in [5.41, 5.74) is 1.96. The van der Waals surface area contributed by atoms with Crippen molar-refractivity contribution in [3.8, 4) is 0 Å². The van der Waals surface area contributed by atoms with Crippen LogP contribution in [0.1, 0.15) is 10.4 Å². The van der Waals surface area contributed by atoms with Gasteiger partial charge in [0.15, 0.2) is 0 Å². The summed E-state index contributed by atoms with van der Waals surface area (Å²) in [6.45, 7) is 1.92. The van der Waals surface area contributed by atoms with Gasteiger partial charge in [0.25, 0.3) is 11.8 Å². The Morgan fingerprint density at radius 2 is 1.43 bits per heavy atom. The van der Waals surface area contributed by atoms with E-state index >= 15 is 0 Å². The van der Waals surface area contributed by atoms with Gasteiger partial charge in [-0.3, -0.25) is 9.59 Å². The summed E-state index contributed by atoms with van der Waals surface area (Å²) in [7, 11) is 0. The Balaban J connectivity index is 1.90. The van der Waals surface area contributed by atoms with Crippen LogP contribution in [-0.2, 0) is 9.59 Å². The highest BCUT2D eigenvalue weighted by molar-refractivity contribution is 7.11. The van der Waals surface area contributed by atoms with Crippen molar-refractivity contribution < 1.29 is 9.59 Å². The minimum atomic E-state index is -0.533. The molecule has 0 saturated heterocycles. The molecule has 0 aliphatic carbocycles. The minimum Gasteiger partial charge on any atom is -0.322 e. The minimum absolute atomic E-state index is 0.0227. The normalized spacial score (nSPS) is 10.2. The van der Waals surface area contributed by atoms with Gasteiger partial charge in [-0.2, -0.15) is 0 Å². The van der Waals surface area contributed by atoms with E-state index in [0.29, 0.717) is 21.4 Å². The summed E-state index contributed by atoms with van der Waals surface area (Å²) < 4.78 is 0. The first kappa shape index (κ1) is 20.1. The molecule has 2 amide bonds. The molecule has 28 heavy (non-hydrogen) atoms. The molecule has 142 valence electrons. The first-order valence-corrected chi connectivity index (χ1v) is 9.95. The monoisotopic (exact) mass is 430 g/mol. The smallest absolute Gasteiger partial charge is 0.261 e. The lowest BCUT2D eigenvalue weighted by atomic mass is 10.1. The van der Waals surface area contributed by atoms with E-state index in [0.717, 1.165) is 10.4 Å². The van der Waals surface area contributed by atoms with E-state index in [1.165, 1.54) is 11.3 Å². The summed E-state index contributed by atoms with van der Waals surface area (Å²) in [5.74, 6) is -1.07. The molecule has 1 aromatic heterocycles. The summed E-state index contributed by atoms with van der Waals surface area (Å²) >= 11 is 13.4. The number of rotatable bonds is 5. The standard InChI is InChI=1S/C21H16Cl2N2O2S/c1-13-8-9-28-19(13)12-18(20(26)24-16-6-2-4-14(22)10-16)21(27)25-17-7-3-5-15(23)11-17/h2-12H,1H3,(H,24,26)(H,25,27). The maximum Gasteiger partial charge on any atom is 0.261 e. The van der Waals surface area contributed by atoms with Crippen LogP contribution in [-0.4, -0.2) is 11.8 Å². The number of thiophene rings is 1. The van der Waals surface area contributed by atoms with E-state index < -0.39 is 11.8 Å². The van der Waals surface area contributed by atoms with E-state index in [2.05, 4.69) is 10.6 Å². The highest BCUT2D eigenvalue weighted by Gasteiger charge is 2.20. The Labute approximate surface area is 176 Å². The number of hydrogen-bond donors (Lipinski definition) is 2. The molecule has 0 spiro atoms. The van der Waals surface area contributed by atoms with Crippen molar-refractivity contribution in [1.82, 2.24) is 0 Å². The first-order chi connectivity index (χ1) is 13.4. The van der Waals surface area contributed by atoms with Crippen LogP contribution in [0.15, 0.2) is 65.6 Å². The Morgan fingerprint density at radius 1 is 0.893 bits per heavy atom. The zero-order chi connectivity index (χ0) is 20.1. The van der Waals surface area contributed by atoms with E-state index in [-0.39, 0.29) is 5.57 Å². The molecule has 4 nitrogen and oxygen atoms in total. The average Bonchev–Trinajstić information content (AvgIpc) is 3.04. The van der Waals surface area contributed by atoms with Crippen molar-refractivity contribution in [2.45, 2.75) is 6.92 Å². The molecule has 2 aromatic carbocycles. The largest absolute Gasteiger partial charge is 0.322 e. The lowest BCUT2D eigenvalue weighted by Crippen LogP contribution is -2.25. The summed E-state index contributed by atoms with van der Waals surface area (Å²) in [6.07, 6.45) is 1.58. The van der Waals surface area contributed by atoms with Crippen LogP contribution >= 0.6 is 34.5 Å². The lowest BCUT2D eigenvalue weighted by molar-refractivity contribution is -0.118. The van der Waals surface area contributed by atoms with Crippen molar-refractivity contribution in [1.29, 1.82) is 0 Å². The number of hydrogen-bond acceptors (Lipinski definition) is 3. The average molecular weight is 431 g/mol. The number of nitrogens with one attached hydrogen (secondary N) is 2. The molecule has 0 bridgehead atoms. The molecule has 2 N–H and O–H groups in total. The van der Waals surface area contributed by atoms with Crippen LogP contribution in [0.2, 0.25) is 10.0 Å². The molecular weight excluding hydrogens is 415 g/mol. The van der Waals surface area contributed by atoms with Crippen LogP contribution in [0.5, 0.6) is 0 Å². The third kappa shape index (κ3) is 5.23. The zero-order valence-corrected chi connectivity index (χ0v) is 17.2. The molecule has 0 fully saturated rings. The second-order valence-electron chi connectivity index (χ2n) is 5.95. The van der Waals surface area contributed by atoms with Gasteiger partial charge >= 0.3 is 0 Å². The maximum absolute atomic E-state index is 12.9. The third-order valence-corrected chi connectivity index (χ3v) is 5.27. The fraction of sp³-hybridized carbons (Fsp3) is 0.0476. The SMILES string of the molecule is Cc1ccsc1C=C(C(=O)Nc1cccc(Cl)c1)C(=O)Nc1cccc(Cl)c1. The topological polar surface area (TPSA) is 58.2 Å². The van der Waals surface area contributed by atoms with E-state index in [1.54, 1.807) is 54.6 Å². The number of carbonyl (C=O) groups excluding carboxylic acids is 2. The molecule has 3 rings (SSSR count). The molecule has 0 atom stereocenters. The van der Waals surface area contributed by atoms with Gasteiger partial charge in [0.2, 0.25) is 0 Å². The maximum atomic E-state index is 12.9. The molecule has 0 unspecified atom stereocenters. The molecule has 0 aliphatic heterocycles. The highest BCUT2D eigenvalue weighted by atomic mass is 35.5. The van der Waals surface area contributed by atoms with Gasteiger partial charge in [-0.15, -0.1) is 11.3 Å². The molecule has 0 radical (unpaired) electrons. The molecule has 0 aliphatic rings. The number of amides is 2. The molecular formula is C21H16Cl2N2O2S. The second kappa shape index (κ2) is 9.06. The van der Waals surface area contributed by atoms with E-state index in [9.17, 15) is 9.59 Å². The summed E-state index contributed by atoms with van der Waals surface area (Å²) in [4.78, 5) is 26.5. The van der Waals surface area contributed by atoms with Crippen LogP contribution < -0.4 is 10.6 Å². The van der Waals surface area contributed by atoms with Crippen LogP contribution in [0.3, 0.4) is 0 Å². The fourth-order valence-electron chi connectivity index (χ4n) is 2.43. The molecule has 3 aromatic rings. The highest BCUT2D eigenvalue weighted by Crippen LogP contribution is 2.22. The second-order valence-corrected chi connectivity index (χ2v) is 7.78. The Hall–Kier alpha value is -2.60. The molecule has 1 heterocycles. The number of benzene rings is 2. The molecule has 0 saturated carbocycles. The van der Waals surface area contributed by atoms with Crippen molar-refractivity contribution in [2.75, 3.05) is 10.6 Å². The van der Waals surface area contributed by atoms with E-state index in [1.807, 2.05) is 18.4 Å². The quantitative estimate of drug-likeness (QED) is 0.295. The summed E-state index contributed by atoms with van der Waals surface area (Å²) in [5, 5.41) is 8.32. The van der Waals surface area contributed by atoms with Gasteiger partial charge in [0.05, 0.1) is 0 Å². The van der Waals surface area contributed by atoms with Gasteiger partial charge in [-0.25, -0.2) is 0 Å². The van der Waals surface area contributed by atoms with Crippen molar-refractivity contribution in [3.05, 3.63) is 86.0 Å². The van der Waals surface area contributed by atoms with Gasteiger partial charge in [0, 0.05) is 26.3 Å². The van der Waals surface area contributed by atoms with E-state index in [4.69, 9.17) is 23.2 Å². The van der Waals surface area contributed by atoms with Crippen LogP contribution in [0.4, 0.5) is 11.4 Å². The van der Waals surface area contributed by atoms with Crippen LogP contribution in [0.25, 0.3) is 6.08 Å². The van der Waals surface area contributed by atoms with Crippen molar-refractivity contribution >= 4 is 63.8 Å². The Kier molecular flexibility index (Phi) is 6.52. The first-order valence-electron chi connectivity index (χ1n) is 8.32. The van der Waals surface area contributed by atoms with Crippen molar-refractivity contribution in [3.63, 3.8) is 0 Å². The van der Waals surface area contributed by atoms with Gasteiger partial charge < -0.3 is 10.6 Å². The Bertz CT molecular complexity index is 998. The summed E-state index contributed by atoms with van der Waals surface area (Å²) in [6, 6.07) is 15.4. The van der Waals surface area contributed by atoms with Crippen molar-refractivity contribution in [2.24, 2.45) is 0 Å². The Morgan fingerprint density at radius 3 is 1.86 bits per heavy atom. The van der Waals surface area contributed by atoms with Gasteiger partial charge in [0.1, 0.15) is 5.57 Å². The molecule has 7 heteroatoms. The van der Waals surface area contributed by atoms with Crippen LogP contribution in [0, 0.1) is 6.92 Å². The number of halogens is 2. The van der Waals surface area contributed by atoms with Gasteiger partial charge in [-0.05, 0) is 66.4 Å². The number of anilines is 2. The fourth-order valence-corrected chi connectivity index (χ4v) is 3.67. The lowest BCUT2D eigenvalue weighted by Gasteiger charge is -2.11. The third-order valence-electron chi connectivity index (χ3n) is 3.83. The predicted octanol–water partition coefficient (Wildman–Crippen LogP) is 6.02. The number of aryl methyl sites for hydroxylation is 1. The zero-order valence-electron chi connectivity index (χ0n) is 14.8. The number of carbonyl (C=O) groups is 2.